The summed E-state index contributed by atoms with van der Waals surface area (Å²) in [6.07, 6.45) is 1.62. The number of nitrogens with zero attached hydrogens (tertiary/aromatic N) is 2. The summed E-state index contributed by atoms with van der Waals surface area (Å²) >= 11 is 0. The Kier molecular flexibility index (Phi) is 4.30. The van der Waals surface area contributed by atoms with Crippen molar-refractivity contribution in [2.75, 3.05) is 6.54 Å². The van der Waals surface area contributed by atoms with Gasteiger partial charge in [-0.2, -0.15) is 0 Å². The lowest BCUT2D eigenvalue weighted by Crippen LogP contribution is -2.02. The van der Waals surface area contributed by atoms with E-state index in [1.54, 1.807) is 0 Å². The first-order chi connectivity index (χ1) is 8.81. The molecule has 0 radical (unpaired) electrons. The van der Waals surface area contributed by atoms with Gasteiger partial charge in [-0.05, 0) is 24.1 Å². The minimum Gasteiger partial charge on any atom is -0.484 e. The standard InChI is InChI=1S/C13H17N3O2/c1-2-10-3-5-11(6-4-10)17-9-13-16-15-12(18-13)7-8-14/h3-6H,2,7-9,14H2,1H3. The second kappa shape index (κ2) is 6.16. The van der Waals surface area contributed by atoms with Crippen molar-refractivity contribution in [3.05, 3.63) is 41.6 Å². The van der Waals surface area contributed by atoms with E-state index >= 15 is 0 Å². The highest BCUT2D eigenvalue weighted by Crippen LogP contribution is 2.14. The number of benzene rings is 1. The smallest absolute Gasteiger partial charge is 0.253 e. The topological polar surface area (TPSA) is 74.2 Å². The first kappa shape index (κ1) is 12.6. The van der Waals surface area contributed by atoms with Crippen LogP contribution in [0.3, 0.4) is 0 Å². The molecule has 2 N–H and O–H groups in total. The number of rotatable bonds is 6. The molecular weight excluding hydrogens is 230 g/mol. The van der Waals surface area contributed by atoms with Gasteiger partial charge >= 0.3 is 0 Å². The van der Waals surface area contributed by atoms with Gasteiger partial charge in [0.05, 0.1) is 0 Å². The van der Waals surface area contributed by atoms with E-state index in [1.165, 1.54) is 5.56 Å². The van der Waals surface area contributed by atoms with Crippen LogP contribution in [0.4, 0.5) is 0 Å². The largest absolute Gasteiger partial charge is 0.484 e. The van der Waals surface area contributed by atoms with Gasteiger partial charge in [-0.25, -0.2) is 0 Å². The third-order valence-corrected chi connectivity index (χ3v) is 2.56. The van der Waals surface area contributed by atoms with Crippen molar-refractivity contribution in [3.63, 3.8) is 0 Å². The second-order valence-electron chi connectivity index (χ2n) is 3.91. The Bertz CT molecular complexity index is 479. The fraction of sp³-hybridized carbons (Fsp3) is 0.385. The van der Waals surface area contributed by atoms with E-state index in [1.807, 2.05) is 24.3 Å². The maximum absolute atomic E-state index is 5.56. The van der Waals surface area contributed by atoms with Gasteiger partial charge in [0.25, 0.3) is 5.89 Å². The molecule has 0 bridgehead atoms. The summed E-state index contributed by atoms with van der Waals surface area (Å²) < 4.78 is 10.9. The molecule has 2 rings (SSSR count). The molecule has 0 aliphatic rings. The number of ether oxygens (including phenoxy) is 1. The van der Waals surface area contributed by atoms with Gasteiger partial charge < -0.3 is 14.9 Å². The van der Waals surface area contributed by atoms with Crippen LogP contribution in [0.1, 0.15) is 24.3 Å². The molecule has 5 heteroatoms. The molecule has 1 aromatic carbocycles. The van der Waals surface area contributed by atoms with Gasteiger partial charge in [0.1, 0.15) is 5.75 Å². The van der Waals surface area contributed by atoms with Gasteiger partial charge in [-0.15, -0.1) is 10.2 Å². The maximum atomic E-state index is 5.56. The zero-order valence-electron chi connectivity index (χ0n) is 10.4. The van der Waals surface area contributed by atoms with Crippen LogP contribution in [0.15, 0.2) is 28.7 Å². The molecule has 0 aliphatic carbocycles. The normalized spacial score (nSPS) is 10.6. The molecule has 1 heterocycles. The van der Waals surface area contributed by atoms with Crippen molar-refractivity contribution in [3.8, 4) is 5.75 Å². The van der Waals surface area contributed by atoms with Crippen molar-refractivity contribution in [2.45, 2.75) is 26.4 Å². The van der Waals surface area contributed by atoms with E-state index < -0.39 is 0 Å². The lowest BCUT2D eigenvalue weighted by molar-refractivity contribution is 0.259. The van der Waals surface area contributed by atoms with E-state index in [2.05, 4.69) is 17.1 Å². The Morgan fingerprint density at radius 1 is 1.17 bits per heavy atom. The van der Waals surface area contributed by atoms with Gasteiger partial charge in [-0.3, -0.25) is 0 Å². The Balaban J connectivity index is 1.89. The van der Waals surface area contributed by atoms with Gasteiger partial charge in [0, 0.05) is 13.0 Å². The minimum absolute atomic E-state index is 0.281. The summed E-state index contributed by atoms with van der Waals surface area (Å²) in [4.78, 5) is 0. The highest BCUT2D eigenvalue weighted by molar-refractivity contribution is 5.27. The summed E-state index contributed by atoms with van der Waals surface area (Å²) in [6.45, 7) is 2.90. The molecule has 0 amide bonds. The van der Waals surface area contributed by atoms with Gasteiger partial charge in [0.15, 0.2) is 6.61 Å². The van der Waals surface area contributed by atoms with E-state index in [4.69, 9.17) is 14.9 Å². The highest BCUT2D eigenvalue weighted by atomic mass is 16.5. The molecule has 0 aliphatic heterocycles. The van der Waals surface area contributed by atoms with Crippen LogP contribution in [-0.2, 0) is 19.4 Å². The Hall–Kier alpha value is -1.88. The quantitative estimate of drug-likeness (QED) is 0.841. The third kappa shape index (κ3) is 3.30. The first-order valence-electron chi connectivity index (χ1n) is 6.05. The van der Waals surface area contributed by atoms with Gasteiger partial charge in [-0.1, -0.05) is 19.1 Å². The van der Waals surface area contributed by atoms with Crippen molar-refractivity contribution in [1.29, 1.82) is 0 Å². The van der Waals surface area contributed by atoms with E-state index in [9.17, 15) is 0 Å². The van der Waals surface area contributed by atoms with E-state index in [0.29, 0.717) is 24.7 Å². The van der Waals surface area contributed by atoms with Crippen LogP contribution in [0.5, 0.6) is 5.75 Å². The van der Waals surface area contributed by atoms with Crippen molar-refractivity contribution >= 4 is 0 Å². The minimum atomic E-state index is 0.281. The average Bonchev–Trinajstić information content (AvgIpc) is 2.85. The van der Waals surface area contributed by atoms with Crippen LogP contribution >= 0.6 is 0 Å². The van der Waals surface area contributed by atoms with Crippen molar-refractivity contribution < 1.29 is 9.15 Å². The molecule has 2 aromatic rings. The summed E-state index contributed by atoms with van der Waals surface area (Å²) in [5.74, 6) is 1.82. The summed E-state index contributed by atoms with van der Waals surface area (Å²) in [6, 6.07) is 7.97. The predicted molar refractivity (Wildman–Crippen MR) is 67.2 cm³/mol. The zero-order chi connectivity index (χ0) is 12.8. The SMILES string of the molecule is CCc1ccc(OCc2nnc(CCN)o2)cc1. The molecule has 18 heavy (non-hydrogen) atoms. The summed E-state index contributed by atoms with van der Waals surface area (Å²) in [5, 5.41) is 7.76. The number of aromatic nitrogens is 2. The number of hydrogen-bond donors (Lipinski definition) is 1. The Morgan fingerprint density at radius 3 is 2.56 bits per heavy atom. The van der Waals surface area contributed by atoms with Crippen LogP contribution < -0.4 is 10.5 Å². The predicted octanol–water partition coefficient (Wildman–Crippen LogP) is 1.71. The first-order valence-corrected chi connectivity index (χ1v) is 6.05. The molecule has 96 valence electrons. The molecule has 0 saturated carbocycles. The lowest BCUT2D eigenvalue weighted by atomic mass is 10.2. The van der Waals surface area contributed by atoms with Crippen LogP contribution in [-0.4, -0.2) is 16.7 Å². The molecule has 5 nitrogen and oxygen atoms in total. The number of nitrogens with two attached hydrogens (primary N) is 1. The van der Waals surface area contributed by atoms with Crippen LogP contribution in [0.2, 0.25) is 0 Å². The monoisotopic (exact) mass is 247 g/mol. The molecule has 1 aromatic heterocycles. The average molecular weight is 247 g/mol. The van der Waals surface area contributed by atoms with Crippen molar-refractivity contribution in [1.82, 2.24) is 10.2 Å². The molecule has 0 saturated heterocycles. The van der Waals surface area contributed by atoms with Crippen LogP contribution in [0.25, 0.3) is 0 Å². The van der Waals surface area contributed by atoms with Gasteiger partial charge in [0.2, 0.25) is 5.89 Å². The van der Waals surface area contributed by atoms with E-state index in [0.717, 1.165) is 12.2 Å². The fourth-order valence-electron chi connectivity index (χ4n) is 1.54. The molecule has 0 unspecified atom stereocenters. The Morgan fingerprint density at radius 2 is 1.89 bits per heavy atom. The maximum Gasteiger partial charge on any atom is 0.253 e. The second-order valence-corrected chi connectivity index (χ2v) is 3.91. The molecule has 0 atom stereocenters. The number of hydrogen-bond acceptors (Lipinski definition) is 5. The summed E-state index contributed by atoms with van der Waals surface area (Å²) in [7, 11) is 0. The van der Waals surface area contributed by atoms with Crippen molar-refractivity contribution in [2.24, 2.45) is 5.73 Å². The molecular formula is C13H17N3O2. The highest BCUT2D eigenvalue weighted by Gasteiger charge is 2.05. The molecule has 0 spiro atoms. The number of aryl methyl sites for hydroxylation is 1. The van der Waals surface area contributed by atoms with Crippen LogP contribution in [0, 0.1) is 0 Å². The Labute approximate surface area is 106 Å². The molecule has 0 fully saturated rings. The lowest BCUT2D eigenvalue weighted by Gasteiger charge is -2.03. The third-order valence-electron chi connectivity index (χ3n) is 2.56. The zero-order valence-corrected chi connectivity index (χ0v) is 10.4. The fourth-order valence-corrected chi connectivity index (χ4v) is 1.54. The van der Waals surface area contributed by atoms with E-state index in [-0.39, 0.29) is 6.61 Å². The summed E-state index contributed by atoms with van der Waals surface area (Å²) in [5.41, 5.74) is 6.69.